The van der Waals surface area contributed by atoms with Gasteiger partial charge in [-0.1, -0.05) is 23.7 Å². The van der Waals surface area contributed by atoms with Gasteiger partial charge in [0.15, 0.2) is 5.82 Å². The zero-order valence-electron chi connectivity index (χ0n) is 28.6. The zero-order valence-corrected chi connectivity index (χ0v) is 30.2. The molecule has 3 aromatic rings. The molecule has 15 nitrogen and oxygen atoms in total. The topological polar surface area (TPSA) is 173 Å². The number of methoxy groups -OCH3 is 1. The van der Waals surface area contributed by atoms with Crippen molar-refractivity contribution < 1.29 is 27.9 Å². The number of hydrogen-bond donors (Lipinski definition) is 4. The Labute approximate surface area is 297 Å². The lowest BCUT2D eigenvalue weighted by Crippen LogP contribution is -2.50. The number of piperazine rings is 1. The van der Waals surface area contributed by atoms with Crippen LogP contribution in [0, 0.1) is 12.8 Å². The Balaban J connectivity index is 1.20. The lowest BCUT2D eigenvalue weighted by molar-refractivity contribution is -0.131. The summed E-state index contributed by atoms with van der Waals surface area (Å²) in [4.78, 5) is 38.5. The molecule has 2 fully saturated rings. The molecule has 2 aromatic carbocycles. The minimum atomic E-state index is -3.50. The average Bonchev–Trinajstić information content (AvgIpc) is 3.09. The monoisotopic (exact) mass is 729 g/mol. The molecule has 270 valence electrons. The van der Waals surface area contributed by atoms with Crippen LogP contribution in [0.2, 0.25) is 5.02 Å². The van der Waals surface area contributed by atoms with Crippen LogP contribution in [-0.2, 0) is 14.8 Å². The number of para-hydroxylation sites is 2. The maximum Gasteiger partial charge on any atom is 0.405 e. The Kier molecular flexibility index (Phi) is 11.8. The van der Waals surface area contributed by atoms with Crippen molar-refractivity contribution in [3.05, 3.63) is 53.2 Å². The third-order valence-electron chi connectivity index (χ3n) is 9.09. The van der Waals surface area contributed by atoms with Crippen molar-refractivity contribution >= 4 is 68.1 Å². The van der Waals surface area contributed by atoms with Crippen LogP contribution in [0.3, 0.4) is 0 Å². The minimum Gasteiger partial charge on any atom is -0.494 e. The molecule has 2 saturated heterocycles. The van der Waals surface area contributed by atoms with E-state index in [2.05, 4.69) is 42.6 Å². The van der Waals surface area contributed by atoms with Crippen molar-refractivity contribution in [2.45, 2.75) is 19.8 Å². The molecule has 2 aliphatic rings. The van der Waals surface area contributed by atoms with E-state index in [1.807, 2.05) is 12.1 Å². The Hall–Kier alpha value is -4.54. The highest BCUT2D eigenvalue weighted by molar-refractivity contribution is 7.92. The molecule has 0 unspecified atom stereocenters. The van der Waals surface area contributed by atoms with Crippen LogP contribution in [0.25, 0.3) is 0 Å². The zero-order chi connectivity index (χ0) is 36.0. The molecule has 0 spiro atoms. The van der Waals surface area contributed by atoms with Gasteiger partial charge in [0.2, 0.25) is 21.9 Å². The highest BCUT2D eigenvalue weighted by Gasteiger charge is 2.27. The lowest BCUT2D eigenvalue weighted by Gasteiger charge is -2.40. The normalized spacial score (nSPS) is 15.8. The Morgan fingerprint density at radius 3 is 2.42 bits per heavy atom. The second-order valence-corrected chi connectivity index (χ2v) is 14.9. The van der Waals surface area contributed by atoms with Gasteiger partial charge in [0, 0.05) is 64.6 Å². The molecule has 17 heteroatoms. The van der Waals surface area contributed by atoms with Crippen molar-refractivity contribution in [3.63, 3.8) is 0 Å². The first-order chi connectivity index (χ1) is 23.8. The van der Waals surface area contributed by atoms with E-state index in [9.17, 15) is 18.0 Å². The van der Waals surface area contributed by atoms with Crippen molar-refractivity contribution in [1.82, 2.24) is 25.1 Å². The molecule has 4 N–H and O–H groups in total. The number of nitrogens with one attached hydrogen (secondary N) is 3. The van der Waals surface area contributed by atoms with Gasteiger partial charge in [-0.3, -0.25) is 14.0 Å². The van der Waals surface area contributed by atoms with E-state index in [0.717, 1.165) is 63.1 Å². The highest BCUT2D eigenvalue weighted by atomic mass is 35.5. The van der Waals surface area contributed by atoms with Gasteiger partial charge in [-0.15, -0.1) is 0 Å². The third kappa shape index (κ3) is 9.17. The van der Waals surface area contributed by atoms with Gasteiger partial charge in [0.05, 0.1) is 36.6 Å². The number of nitrogens with zero attached hydrogens (tertiary/aromatic N) is 6. The average molecular weight is 730 g/mol. The van der Waals surface area contributed by atoms with E-state index in [1.54, 1.807) is 36.3 Å². The quantitative estimate of drug-likeness (QED) is 0.212. The summed E-state index contributed by atoms with van der Waals surface area (Å²) in [6, 6.07) is 11.0. The molecule has 2 aliphatic heterocycles. The van der Waals surface area contributed by atoms with Crippen LogP contribution < -0.4 is 29.9 Å². The van der Waals surface area contributed by atoms with E-state index in [4.69, 9.17) is 21.4 Å². The third-order valence-corrected chi connectivity index (χ3v) is 10.6. The van der Waals surface area contributed by atoms with Gasteiger partial charge < -0.3 is 35.6 Å². The predicted octanol–water partition coefficient (Wildman–Crippen LogP) is 3.96. The van der Waals surface area contributed by atoms with Gasteiger partial charge in [0.25, 0.3) is 0 Å². The molecule has 0 aliphatic carbocycles. The Morgan fingerprint density at radius 1 is 1.06 bits per heavy atom. The summed E-state index contributed by atoms with van der Waals surface area (Å²) in [6.45, 7) is 7.72. The van der Waals surface area contributed by atoms with Gasteiger partial charge >= 0.3 is 6.09 Å². The summed E-state index contributed by atoms with van der Waals surface area (Å²) in [7, 11) is -0.406. The molecular weight excluding hydrogens is 686 g/mol. The molecule has 0 bridgehead atoms. The number of aryl methyl sites for hydroxylation is 1. The first-order valence-corrected chi connectivity index (χ1v) is 18.5. The number of carboxylic acid groups (broad SMARTS) is 1. The smallest absolute Gasteiger partial charge is 0.405 e. The molecule has 50 heavy (non-hydrogen) atoms. The summed E-state index contributed by atoms with van der Waals surface area (Å²) in [5.41, 5.74) is 3.77. The van der Waals surface area contributed by atoms with Crippen LogP contribution in [0.1, 0.15) is 18.4 Å². The number of hydrogen-bond acceptors (Lipinski definition) is 11. The predicted molar refractivity (Wildman–Crippen MR) is 195 cm³/mol. The summed E-state index contributed by atoms with van der Waals surface area (Å²) < 4.78 is 31.4. The summed E-state index contributed by atoms with van der Waals surface area (Å²) >= 11 is 6.45. The van der Waals surface area contributed by atoms with Crippen molar-refractivity contribution in [1.29, 1.82) is 0 Å². The number of rotatable bonds is 12. The maximum absolute atomic E-state index is 12.2. The van der Waals surface area contributed by atoms with Crippen LogP contribution >= 0.6 is 11.6 Å². The number of amides is 2. The molecular formula is C33H44ClN9O6S. The number of likely N-dealkylation sites (tertiary alicyclic amines) is 1. The molecule has 0 radical (unpaired) electrons. The number of carbonyl (C=O) groups is 2. The van der Waals surface area contributed by atoms with Gasteiger partial charge in [-0.2, -0.15) is 4.98 Å². The summed E-state index contributed by atoms with van der Waals surface area (Å²) in [6.07, 6.45) is 3.24. The molecule has 5 rings (SSSR count). The summed E-state index contributed by atoms with van der Waals surface area (Å²) in [5.74, 6) is 1.53. The van der Waals surface area contributed by atoms with Crippen molar-refractivity contribution in [3.8, 4) is 5.75 Å². The number of sulfonamides is 1. The second kappa shape index (κ2) is 16.0. The number of piperidine rings is 1. The fourth-order valence-corrected chi connectivity index (χ4v) is 6.90. The largest absolute Gasteiger partial charge is 0.494 e. The van der Waals surface area contributed by atoms with E-state index in [0.29, 0.717) is 47.6 Å². The van der Waals surface area contributed by atoms with E-state index in [-0.39, 0.29) is 23.4 Å². The minimum absolute atomic E-state index is 0.174. The van der Waals surface area contributed by atoms with E-state index < -0.39 is 16.1 Å². The molecule has 0 saturated carbocycles. The summed E-state index contributed by atoms with van der Waals surface area (Å²) in [5, 5.41) is 17.6. The standard InChI is InChI=1S/C33H44ClN9O6S/c1-22-17-26(38-32-35-19-24(34)31(39-32)37-25-7-5-6-8-27(25)40(2)50(4,47)48)29(49-3)18-28(22)42-15-13-41(14-16-42)21-23-9-11-43(12-10-23)30(44)20-36-33(45)46/h5-8,17-19,23,36H,9-16,20-21H2,1-4H3,(H,45,46)(H2,35,37,38,39). The molecule has 0 atom stereocenters. The van der Waals surface area contributed by atoms with E-state index in [1.165, 1.54) is 17.5 Å². The number of carbonyl (C=O) groups excluding carboxylic acids is 1. The number of aromatic nitrogens is 2. The lowest BCUT2D eigenvalue weighted by atomic mass is 9.95. The first-order valence-electron chi connectivity index (χ1n) is 16.3. The van der Waals surface area contributed by atoms with Gasteiger partial charge in [0.1, 0.15) is 17.3 Å². The van der Waals surface area contributed by atoms with Crippen LogP contribution in [0.5, 0.6) is 5.75 Å². The van der Waals surface area contributed by atoms with Crippen LogP contribution in [0.4, 0.5) is 39.3 Å². The van der Waals surface area contributed by atoms with Crippen LogP contribution in [0.15, 0.2) is 42.6 Å². The van der Waals surface area contributed by atoms with E-state index >= 15 is 0 Å². The van der Waals surface area contributed by atoms with Crippen molar-refractivity contribution in [2.24, 2.45) is 5.92 Å². The number of halogens is 1. The maximum atomic E-state index is 12.2. The Bertz CT molecular complexity index is 1800. The second-order valence-electron chi connectivity index (χ2n) is 12.5. The number of anilines is 6. The highest BCUT2D eigenvalue weighted by Crippen LogP contribution is 2.36. The molecule has 2 amide bonds. The molecule has 1 aromatic heterocycles. The van der Waals surface area contributed by atoms with Gasteiger partial charge in [-0.25, -0.2) is 18.2 Å². The number of ether oxygens (including phenoxy) is 1. The SMILES string of the molecule is COc1cc(N2CCN(CC3CCN(C(=O)CNC(=O)O)CC3)CC2)c(C)cc1Nc1ncc(Cl)c(Nc2ccccc2N(C)S(C)(=O)=O)n1. The Morgan fingerprint density at radius 2 is 1.76 bits per heavy atom. The van der Waals surface area contributed by atoms with Crippen molar-refractivity contribution in [2.75, 3.05) is 92.6 Å². The fourth-order valence-electron chi connectivity index (χ4n) is 6.24. The van der Waals surface area contributed by atoms with Gasteiger partial charge in [-0.05, 0) is 49.4 Å². The number of benzene rings is 2. The molecule has 3 heterocycles. The first kappa shape index (κ1) is 36.7. The fraction of sp³-hybridized carbons (Fsp3) is 0.455. The van der Waals surface area contributed by atoms with Crippen LogP contribution in [-0.4, -0.2) is 118 Å².